The van der Waals surface area contributed by atoms with Gasteiger partial charge in [0.1, 0.15) is 0 Å². The average molecular weight is 269 g/mol. The summed E-state index contributed by atoms with van der Waals surface area (Å²) in [4.78, 5) is 11.9. The highest BCUT2D eigenvalue weighted by atomic mass is 16.2. The summed E-state index contributed by atoms with van der Waals surface area (Å²) in [6, 6.07) is 11.0. The third-order valence-corrected chi connectivity index (χ3v) is 3.22. The molecule has 2 aromatic carbocycles. The van der Waals surface area contributed by atoms with Crippen molar-refractivity contribution in [3.8, 4) is 0 Å². The molecule has 0 aromatic heterocycles. The summed E-state index contributed by atoms with van der Waals surface area (Å²) >= 11 is 0. The Kier molecular flexibility index (Phi) is 3.94. The number of aryl methyl sites for hydroxylation is 3. The van der Waals surface area contributed by atoms with E-state index in [1.807, 2.05) is 57.2 Å². The first-order valence-corrected chi connectivity index (χ1v) is 6.47. The van der Waals surface area contributed by atoms with Crippen molar-refractivity contribution in [2.24, 2.45) is 0 Å². The molecule has 0 radical (unpaired) electrons. The molecule has 104 valence electrons. The zero-order valence-electron chi connectivity index (χ0n) is 11.9. The van der Waals surface area contributed by atoms with Crippen LogP contribution >= 0.6 is 0 Å². The molecule has 0 saturated carbocycles. The van der Waals surface area contributed by atoms with Crippen molar-refractivity contribution in [3.63, 3.8) is 0 Å². The highest BCUT2D eigenvalue weighted by Gasteiger charge is 2.07. The molecule has 4 heteroatoms. The Morgan fingerprint density at radius 3 is 2.20 bits per heavy atom. The Labute approximate surface area is 119 Å². The highest BCUT2D eigenvalue weighted by Crippen LogP contribution is 2.23. The van der Waals surface area contributed by atoms with Crippen LogP contribution in [-0.4, -0.2) is 6.03 Å². The predicted molar refractivity (Wildman–Crippen MR) is 84.1 cm³/mol. The van der Waals surface area contributed by atoms with E-state index in [1.165, 1.54) is 0 Å². The molecule has 0 heterocycles. The van der Waals surface area contributed by atoms with E-state index in [-0.39, 0.29) is 6.03 Å². The standard InChI is InChI=1S/C16H19N3O/c1-10-4-6-13(7-5-10)18-16(20)19-15-9-12(3)11(2)8-14(15)17/h4-9H,17H2,1-3H3,(H2,18,19,20). The van der Waals surface area contributed by atoms with Gasteiger partial charge in [0.2, 0.25) is 0 Å². The molecule has 2 amide bonds. The molecule has 0 aliphatic heterocycles. The largest absolute Gasteiger partial charge is 0.397 e. The van der Waals surface area contributed by atoms with Crippen molar-refractivity contribution in [1.82, 2.24) is 0 Å². The van der Waals surface area contributed by atoms with Crippen LogP contribution in [0.15, 0.2) is 36.4 Å². The Balaban J connectivity index is 2.08. The van der Waals surface area contributed by atoms with E-state index < -0.39 is 0 Å². The van der Waals surface area contributed by atoms with E-state index in [9.17, 15) is 4.79 Å². The Hall–Kier alpha value is -2.49. The SMILES string of the molecule is Cc1ccc(NC(=O)Nc2cc(C)c(C)cc2N)cc1. The molecule has 0 aliphatic carbocycles. The van der Waals surface area contributed by atoms with E-state index in [2.05, 4.69) is 10.6 Å². The van der Waals surface area contributed by atoms with Gasteiger partial charge in [0.15, 0.2) is 0 Å². The number of hydrogen-bond donors (Lipinski definition) is 3. The lowest BCUT2D eigenvalue weighted by molar-refractivity contribution is 0.262. The van der Waals surface area contributed by atoms with Crippen molar-refractivity contribution in [2.45, 2.75) is 20.8 Å². The first-order chi connectivity index (χ1) is 9.45. The lowest BCUT2D eigenvalue weighted by Crippen LogP contribution is -2.20. The molecule has 0 saturated heterocycles. The number of nitrogens with one attached hydrogen (secondary N) is 2. The molecule has 4 nitrogen and oxygen atoms in total. The number of rotatable bonds is 2. The van der Waals surface area contributed by atoms with Crippen molar-refractivity contribution >= 4 is 23.1 Å². The smallest absolute Gasteiger partial charge is 0.323 e. The van der Waals surface area contributed by atoms with Gasteiger partial charge in [0.25, 0.3) is 0 Å². The van der Waals surface area contributed by atoms with Gasteiger partial charge in [-0.1, -0.05) is 17.7 Å². The summed E-state index contributed by atoms with van der Waals surface area (Å²) in [6.07, 6.45) is 0. The van der Waals surface area contributed by atoms with Crippen LogP contribution in [0.5, 0.6) is 0 Å². The van der Waals surface area contributed by atoms with Crippen LogP contribution in [-0.2, 0) is 0 Å². The third kappa shape index (κ3) is 3.29. The highest BCUT2D eigenvalue weighted by molar-refractivity contribution is 6.01. The van der Waals surface area contributed by atoms with Gasteiger partial charge in [-0.25, -0.2) is 4.79 Å². The first-order valence-electron chi connectivity index (χ1n) is 6.47. The van der Waals surface area contributed by atoms with Gasteiger partial charge >= 0.3 is 6.03 Å². The van der Waals surface area contributed by atoms with Gasteiger partial charge < -0.3 is 16.4 Å². The van der Waals surface area contributed by atoms with Gasteiger partial charge in [-0.15, -0.1) is 0 Å². The number of carbonyl (C=O) groups excluding carboxylic acids is 1. The second-order valence-corrected chi connectivity index (χ2v) is 4.97. The summed E-state index contributed by atoms with van der Waals surface area (Å²) in [6.45, 7) is 5.97. The molecule has 0 aliphatic rings. The van der Waals surface area contributed by atoms with Gasteiger partial charge in [-0.3, -0.25) is 0 Å². The number of urea groups is 1. The predicted octanol–water partition coefficient (Wildman–Crippen LogP) is 3.84. The van der Waals surface area contributed by atoms with Gasteiger partial charge in [-0.05, 0) is 56.2 Å². The van der Waals surface area contributed by atoms with Crippen LogP contribution in [0, 0.1) is 20.8 Å². The van der Waals surface area contributed by atoms with E-state index in [0.29, 0.717) is 11.4 Å². The maximum Gasteiger partial charge on any atom is 0.323 e. The normalized spacial score (nSPS) is 10.2. The maximum absolute atomic E-state index is 11.9. The molecular weight excluding hydrogens is 250 g/mol. The molecule has 0 atom stereocenters. The van der Waals surface area contributed by atoms with Gasteiger partial charge in [-0.2, -0.15) is 0 Å². The molecule has 2 rings (SSSR count). The van der Waals surface area contributed by atoms with Gasteiger partial charge in [0.05, 0.1) is 11.4 Å². The third-order valence-electron chi connectivity index (χ3n) is 3.22. The zero-order valence-corrected chi connectivity index (χ0v) is 11.9. The van der Waals surface area contributed by atoms with E-state index in [1.54, 1.807) is 0 Å². The van der Waals surface area contributed by atoms with E-state index in [4.69, 9.17) is 5.73 Å². The molecule has 0 fully saturated rings. The van der Waals surface area contributed by atoms with E-state index >= 15 is 0 Å². The number of hydrogen-bond acceptors (Lipinski definition) is 2. The van der Waals surface area contributed by atoms with E-state index in [0.717, 1.165) is 22.4 Å². The zero-order chi connectivity index (χ0) is 14.7. The average Bonchev–Trinajstić information content (AvgIpc) is 2.39. The summed E-state index contributed by atoms with van der Waals surface area (Å²) < 4.78 is 0. The number of nitrogens with two attached hydrogens (primary N) is 1. The fraction of sp³-hybridized carbons (Fsp3) is 0.188. The molecule has 0 spiro atoms. The minimum absolute atomic E-state index is 0.302. The quantitative estimate of drug-likeness (QED) is 0.725. The number of anilines is 3. The van der Waals surface area contributed by atoms with Crippen molar-refractivity contribution in [2.75, 3.05) is 16.4 Å². The number of carbonyl (C=O) groups is 1. The minimum atomic E-state index is -0.302. The van der Waals surface area contributed by atoms with Crippen LogP contribution in [0.2, 0.25) is 0 Å². The molecule has 2 aromatic rings. The lowest BCUT2D eigenvalue weighted by atomic mass is 10.1. The molecule has 0 bridgehead atoms. The minimum Gasteiger partial charge on any atom is -0.397 e. The molecule has 4 N–H and O–H groups in total. The van der Waals surface area contributed by atoms with Crippen LogP contribution < -0.4 is 16.4 Å². The molecular formula is C16H19N3O. The molecule has 0 unspecified atom stereocenters. The molecule has 20 heavy (non-hydrogen) atoms. The summed E-state index contributed by atoms with van der Waals surface area (Å²) in [5.74, 6) is 0. The fourth-order valence-electron chi connectivity index (χ4n) is 1.87. The number of nitrogen functional groups attached to an aromatic ring is 1. The Bertz CT molecular complexity index is 633. The van der Waals surface area contributed by atoms with Crippen molar-refractivity contribution in [1.29, 1.82) is 0 Å². The number of benzene rings is 2. The summed E-state index contributed by atoms with van der Waals surface area (Å²) in [5.41, 5.74) is 11.2. The summed E-state index contributed by atoms with van der Waals surface area (Å²) in [7, 11) is 0. The fourth-order valence-corrected chi connectivity index (χ4v) is 1.87. The van der Waals surface area contributed by atoms with Crippen LogP contribution in [0.1, 0.15) is 16.7 Å². The first kappa shape index (κ1) is 13.9. The Morgan fingerprint density at radius 2 is 1.55 bits per heavy atom. The maximum atomic E-state index is 11.9. The van der Waals surface area contributed by atoms with Crippen molar-refractivity contribution < 1.29 is 4.79 Å². The summed E-state index contributed by atoms with van der Waals surface area (Å²) in [5, 5.41) is 5.54. The van der Waals surface area contributed by atoms with Crippen LogP contribution in [0.25, 0.3) is 0 Å². The topological polar surface area (TPSA) is 67.2 Å². The Morgan fingerprint density at radius 1 is 0.950 bits per heavy atom. The number of amides is 2. The van der Waals surface area contributed by atoms with Crippen molar-refractivity contribution in [3.05, 3.63) is 53.1 Å². The van der Waals surface area contributed by atoms with Gasteiger partial charge in [0, 0.05) is 5.69 Å². The second kappa shape index (κ2) is 5.65. The second-order valence-electron chi connectivity index (χ2n) is 4.97. The monoisotopic (exact) mass is 269 g/mol. The lowest BCUT2D eigenvalue weighted by Gasteiger charge is -2.12. The van der Waals surface area contributed by atoms with Crippen LogP contribution in [0.4, 0.5) is 21.9 Å². The van der Waals surface area contributed by atoms with Crippen LogP contribution in [0.3, 0.4) is 0 Å².